The van der Waals surface area contributed by atoms with Crippen LogP contribution in [0.4, 0.5) is 11.4 Å². The van der Waals surface area contributed by atoms with Crippen molar-refractivity contribution < 1.29 is 18.0 Å². The van der Waals surface area contributed by atoms with Crippen molar-refractivity contribution in [1.29, 1.82) is 0 Å². The van der Waals surface area contributed by atoms with E-state index in [9.17, 15) is 18.0 Å². The van der Waals surface area contributed by atoms with Gasteiger partial charge in [-0.25, -0.2) is 8.42 Å². The van der Waals surface area contributed by atoms with Crippen molar-refractivity contribution >= 4 is 33.2 Å². The highest BCUT2D eigenvalue weighted by Crippen LogP contribution is 2.43. The maximum absolute atomic E-state index is 13.3. The average Bonchev–Trinajstić information content (AvgIpc) is 3.00. The average molecular weight is 484 g/mol. The number of carbonyl (C=O) groups is 2. The Morgan fingerprint density at radius 3 is 2.47 bits per heavy atom. The Kier molecular flexibility index (Phi) is 6.57. The number of carbonyl (C=O) groups excluding carboxylic acids is 2. The number of fused-ring (bicyclic) bond motifs is 1. The molecule has 0 saturated carbocycles. The second-order valence-electron chi connectivity index (χ2n) is 9.84. The van der Waals surface area contributed by atoms with Crippen LogP contribution in [0, 0.1) is 5.92 Å². The summed E-state index contributed by atoms with van der Waals surface area (Å²) >= 11 is 0. The first-order chi connectivity index (χ1) is 16.1. The predicted molar refractivity (Wildman–Crippen MR) is 133 cm³/mol. The summed E-state index contributed by atoms with van der Waals surface area (Å²) in [4.78, 5) is 27.8. The molecule has 7 nitrogen and oxygen atoms in total. The van der Waals surface area contributed by atoms with Crippen molar-refractivity contribution in [2.24, 2.45) is 5.92 Å². The molecule has 4 rings (SSSR count). The Morgan fingerprint density at radius 2 is 1.79 bits per heavy atom. The Bertz CT molecular complexity index is 1210. The van der Waals surface area contributed by atoms with Crippen LogP contribution in [-0.2, 0) is 31.4 Å². The fraction of sp³-hybridized carbons (Fsp3) is 0.462. The van der Waals surface area contributed by atoms with Gasteiger partial charge < -0.3 is 10.2 Å². The number of hydrogen-bond acceptors (Lipinski definition) is 4. The number of benzene rings is 2. The normalized spacial score (nSPS) is 18.7. The topological polar surface area (TPSA) is 86.8 Å². The van der Waals surface area contributed by atoms with E-state index in [0.717, 1.165) is 30.5 Å². The number of aryl methyl sites for hydroxylation is 1. The number of piperidine rings is 1. The predicted octanol–water partition coefficient (Wildman–Crippen LogP) is 3.93. The summed E-state index contributed by atoms with van der Waals surface area (Å²) in [6.07, 6.45) is 2.47. The van der Waals surface area contributed by atoms with E-state index in [1.165, 1.54) is 9.21 Å². The van der Waals surface area contributed by atoms with Gasteiger partial charge in [0.15, 0.2) is 0 Å². The fourth-order valence-electron chi connectivity index (χ4n) is 4.79. The van der Waals surface area contributed by atoms with Gasteiger partial charge in [0.05, 0.1) is 10.3 Å². The van der Waals surface area contributed by atoms with Gasteiger partial charge in [0.1, 0.15) is 6.54 Å². The molecule has 1 fully saturated rings. The molecule has 0 radical (unpaired) electrons. The lowest BCUT2D eigenvalue weighted by Gasteiger charge is -2.29. The fourth-order valence-corrected chi connectivity index (χ4v) is 6.29. The lowest BCUT2D eigenvalue weighted by atomic mass is 9.86. The minimum absolute atomic E-state index is 0.135. The molecule has 2 aromatic rings. The van der Waals surface area contributed by atoms with E-state index in [1.807, 2.05) is 31.2 Å². The molecular formula is C26H33N3O4S. The second kappa shape index (κ2) is 9.15. The van der Waals surface area contributed by atoms with Crippen molar-refractivity contribution in [1.82, 2.24) is 4.31 Å². The highest BCUT2D eigenvalue weighted by atomic mass is 32.2. The number of amides is 2. The van der Waals surface area contributed by atoms with Crippen LogP contribution in [-0.4, -0.2) is 44.2 Å². The van der Waals surface area contributed by atoms with Gasteiger partial charge in [-0.1, -0.05) is 32.0 Å². The van der Waals surface area contributed by atoms with Gasteiger partial charge >= 0.3 is 0 Å². The van der Waals surface area contributed by atoms with Crippen molar-refractivity contribution in [2.45, 2.75) is 57.3 Å². The Balaban J connectivity index is 1.59. The van der Waals surface area contributed by atoms with Crippen LogP contribution in [0.2, 0.25) is 0 Å². The van der Waals surface area contributed by atoms with Gasteiger partial charge in [0.25, 0.3) is 0 Å². The molecule has 2 aliphatic rings. The molecule has 0 unspecified atom stereocenters. The molecule has 0 bridgehead atoms. The number of sulfonamides is 1. The smallest absolute Gasteiger partial charge is 0.244 e. The van der Waals surface area contributed by atoms with Gasteiger partial charge in [-0.15, -0.1) is 0 Å². The molecule has 182 valence electrons. The number of rotatable bonds is 6. The van der Waals surface area contributed by atoms with Crippen molar-refractivity contribution in [3.05, 3.63) is 53.6 Å². The summed E-state index contributed by atoms with van der Waals surface area (Å²) in [6.45, 7) is 8.59. The van der Waals surface area contributed by atoms with Gasteiger partial charge in [-0.05, 0) is 74.4 Å². The summed E-state index contributed by atoms with van der Waals surface area (Å²) in [7, 11) is -3.64. The first-order valence-electron chi connectivity index (χ1n) is 11.9. The van der Waals surface area contributed by atoms with Gasteiger partial charge in [0, 0.05) is 24.5 Å². The third kappa shape index (κ3) is 4.36. The first-order valence-corrected chi connectivity index (χ1v) is 13.3. The molecule has 0 atom stereocenters. The van der Waals surface area contributed by atoms with Crippen molar-refractivity contribution in [3.8, 4) is 0 Å². The lowest BCUT2D eigenvalue weighted by molar-refractivity contribution is -0.124. The van der Waals surface area contributed by atoms with Crippen LogP contribution < -0.4 is 10.2 Å². The Hall–Kier alpha value is -2.71. The molecule has 2 aromatic carbocycles. The summed E-state index contributed by atoms with van der Waals surface area (Å²) in [5.74, 6) is 0.00632. The maximum atomic E-state index is 13.3. The zero-order valence-corrected chi connectivity index (χ0v) is 21.1. The van der Waals surface area contributed by atoms with Crippen LogP contribution in [0.1, 0.15) is 51.7 Å². The third-order valence-corrected chi connectivity index (χ3v) is 8.96. The monoisotopic (exact) mass is 483 g/mol. The summed E-state index contributed by atoms with van der Waals surface area (Å²) < 4.78 is 28.1. The minimum atomic E-state index is -3.64. The SMILES string of the molecule is CCc1ccccc1NC(=O)CN1C(=O)C(C)(C)c2cc(S(=O)(=O)N3CCC(C)CC3)ccc21. The summed E-state index contributed by atoms with van der Waals surface area (Å²) in [5, 5.41) is 2.91. The molecule has 2 amide bonds. The van der Waals surface area contributed by atoms with Crippen LogP contribution in [0.3, 0.4) is 0 Å². The third-order valence-electron chi connectivity index (χ3n) is 7.07. The first kappa shape index (κ1) is 24.4. The number of nitrogens with zero attached hydrogens (tertiary/aromatic N) is 2. The molecule has 8 heteroatoms. The standard InChI is InChI=1S/C26H33N3O4S/c1-5-19-8-6-7-9-22(19)27-24(30)17-29-23-11-10-20(16-21(23)26(3,4)25(29)31)34(32,33)28-14-12-18(2)13-15-28/h6-11,16,18H,5,12-15,17H2,1-4H3,(H,27,30). The van der Waals surface area contributed by atoms with Crippen molar-refractivity contribution in [3.63, 3.8) is 0 Å². The number of nitrogens with one attached hydrogen (secondary N) is 1. The van der Waals surface area contributed by atoms with E-state index in [1.54, 1.807) is 32.0 Å². The lowest BCUT2D eigenvalue weighted by Crippen LogP contribution is -2.40. The summed E-state index contributed by atoms with van der Waals surface area (Å²) in [6, 6.07) is 12.4. The van der Waals surface area contributed by atoms with Gasteiger partial charge in [0.2, 0.25) is 21.8 Å². The van der Waals surface area contributed by atoms with E-state index < -0.39 is 15.4 Å². The number of anilines is 2. The van der Waals surface area contributed by atoms with Crippen LogP contribution >= 0.6 is 0 Å². The van der Waals surface area contributed by atoms with E-state index in [4.69, 9.17) is 0 Å². The zero-order valence-electron chi connectivity index (χ0n) is 20.3. The Morgan fingerprint density at radius 1 is 1.12 bits per heavy atom. The summed E-state index contributed by atoms with van der Waals surface area (Å²) in [5.41, 5.74) is 2.04. The molecule has 0 aromatic heterocycles. The van der Waals surface area contributed by atoms with E-state index in [-0.39, 0.29) is 23.3 Å². The van der Waals surface area contributed by atoms with Gasteiger partial charge in [-0.2, -0.15) is 4.31 Å². The number of para-hydroxylation sites is 1. The van der Waals surface area contributed by atoms with E-state index in [0.29, 0.717) is 30.3 Å². The minimum Gasteiger partial charge on any atom is -0.324 e. The largest absolute Gasteiger partial charge is 0.324 e. The zero-order chi connectivity index (χ0) is 24.7. The number of hydrogen-bond donors (Lipinski definition) is 1. The molecule has 34 heavy (non-hydrogen) atoms. The molecular weight excluding hydrogens is 450 g/mol. The quantitative estimate of drug-likeness (QED) is 0.674. The van der Waals surface area contributed by atoms with E-state index >= 15 is 0 Å². The molecule has 2 heterocycles. The van der Waals surface area contributed by atoms with Crippen LogP contribution in [0.25, 0.3) is 0 Å². The molecule has 0 aliphatic carbocycles. The molecule has 1 N–H and O–H groups in total. The van der Waals surface area contributed by atoms with Gasteiger partial charge in [-0.3, -0.25) is 9.59 Å². The van der Waals surface area contributed by atoms with Crippen molar-refractivity contribution in [2.75, 3.05) is 29.9 Å². The highest BCUT2D eigenvalue weighted by Gasteiger charge is 2.45. The molecule has 0 spiro atoms. The second-order valence-corrected chi connectivity index (χ2v) is 11.8. The molecule has 2 aliphatic heterocycles. The van der Waals surface area contributed by atoms with Crippen LogP contribution in [0.15, 0.2) is 47.4 Å². The maximum Gasteiger partial charge on any atom is 0.244 e. The highest BCUT2D eigenvalue weighted by molar-refractivity contribution is 7.89. The Labute approximate surface area is 202 Å². The van der Waals surface area contributed by atoms with Crippen LogP contribution in [0.5, 0.6) is 0 Å². The molecule has 1 saturated heterocycles. The van der Waals surface area contributed by atoms with E-state index in [2.05, 4.69) is 12.2 Å².